The highest BCUT2D eigenvalue weighted by Crippen LogP contribution is 2.18. The number of rotatable bonds is 5. The molecule has 1 fully saturated rings. The van der Waals surface area contributed by atoms with Gasteiger partial charge in [-0.05, 0) is 37.1 Å². The average molecular weight is 291 g/mol. The van der Waals surface area contributed by atoms with Gasteiger partial charge in [-0.3, -0.25) is 4.79 Å². The number of methoxy groups -OCH3 is 1. The smallest absolute Gasteiger partial charge is 0.337 e. The van der Waals surface area contributed by atoms with Crippen LogP contribution in [0.1, 0.15) is 23.2 Å². The third-order valence-corrected chi connectivity index (χ3v) is 2.91. The monoisotopic (exact) mass is 291 g/mol. The van der Waals surface area contributed by atoms with E-state index in [1.807, 2.05) is 0 Å². The highest BCUT2D eigenvalue weighted by molar-refractivity contribution is 5.95. The molecule has 1 saturated carbocycles. The van der Waals surface area contributed by atoms with E-state index in [-0.39, 0.29) is 24.5 Å². The van der Waals surface area contributed by atoms with Crippen LogP contribution in [0.3, 0.4) is 0 Å². The summed E-state index contributed by atoms with van der Waals surface area (Å²) in [6, 6.07) is 6.19. The van der Waals surface area contributed by atoms with Gasteiger partial charge < -0.3 is 20.7 Å². The van der Waals surface area contributed by atoms with Crippen molar-refractivity contribution < 1.29 is 19.1 Å². The second-order valence-corrected chi connectivity index (χ2v) is 4.72. The van der Waals surface area contributed by atoms with E-state index >= 15 is 0 Å². The predicted molar refractivity (Wildman–Crippen MR) is 76.0 cm³/mol. The lowest BCUT2D eigenvalue weighted by Crippen LogP contribution is -2.40. The number of carbonyl (C=O) groups excluding carboxylic acids is 3. The molecule has 0 bridgehead atoms. The highest BCUT2D eigenvalue weighted by atomic mass is 16.5. The molecule has 0 atom stereocenters. The van der Waals surface area contributed by atoms with E-state index in [1.54, 1.807) is 24.3 Å². The number of carbonyl (C=O) groups is 3. The minimum absolute atomic E-state index is 0.114. The Labute approximate surface area is 122 Å². The molecule has 0 unspecified atom stereocenters. The van der Waals surface area contributed by atoms with Crippen LogP contribution in [0.15, 0.2) is 24.3 Å². The molecule has 1 aliphatic carbocycles. The van der Waals surface area contributed by atoms with Gasteiger partial charge in [0.1, 0.15) is 0 Å². The van der Waals surface area contributed by atoms with E-state index in [4.69, 9.17) is 0 Å². The highest BCUT2D eigenvalue weighted by Gasteiger charge is 2.23. The number of nitrogens with one attached hydrogen (secondary N) is 3. The molecule has 1 aromatic rings. The van der Waals surface area contributed by atoms with E-state index < -0.39 is 5.97 Å². The number of hydrogen-bond donors (Lipinski definition) is 3. The number of ether oxygens (including phenoxy) is 1. The largest absolute Gasteiger partial charge is 0.465 e. The zero-order valence-electron chi connectivity index (χ0n) is 11.6. The summed E-state index contributed by atoms with van der Waals surface area (Å²) in [5.74, 6) is -0.780. The molecule has 1 aliphatic rings. The predicted octanol–water partition coefficient (Wildman–Crippen LogP) is 0.873. The lowest BCUT2D eigenvalue weighted by molar-refractivity contribution is -0.115. The van der Waals surface area contributed by atoms with Gasteiger partial charge >= 0.3 is 12.0 Å². The maximum Gasteiger partial charge on any atom is 0.337 e. The first kappa shape index (κ1) is 14.8. The molecule has 3 N–H and O–H groups in total. The first-order chi connectivity index (χ1) is 10.1. The molecular weight excluding hydrogens is 274 g/mol. The summed E-state index contributed by atoms with van der Waals surface area (Å²) in [5, 5.41) is 7.81. The van der Waals surface area contributed by atoms with Gasteiger partial charge in [-0.25, -0.2) is 9.59 Å². The maximum atomic E-state index is 11.6. The van der Waals surface area contributed by atoms with E-state index in [9.17, 15) is 14.4 Å². The summed E-state index contributed by atoms with van der Waals surface area (Å²) in [6.07, 6.45) is 1.98. The Hall–Kier alpha value is -2.57. The Kier molecular flexibility index (Phi) is 4.76. The maximum absolute atomic E-state index is 11.6. The minimum atomic E-state index is -0.439. The first-order valence-corrected chi connectivity index (χ1v) is 6.61. The van der Waals surface area contributed by atoms with Crippen LogP contribution in [-0.4, -0.2) is 37.6 Å². The lowest BCUT2D eigenvalue weighted by Gasteiger charge is -2.08. The van der Waals surface area contributed by atoms with Crippen molar-refractivity contribution in [3.05, 3.63) is 29.8 Å². The first-order valence-electron chi connectivity index (χ1n) is 6.61. The van der Waals surface area contributed by atoms with E-state index in [0.29, 0.717) is 11.3 Å². The normalized spacial score (nSPS) is 13.2. The molecule has 0 saturated heterocycles. The molecule has 0 aliphatic heterocycles. The average Bonchev–Trinajstić information content (AvgIpc) is 3.29. The molecule has 21 heavy (non-hydrogen) atoms. The van der Waals surface area contributed by atoms with Crippen LogP contribution in [-0.2, 0) is 9.53 Å². The van der Waals surface area contributed by atoms with Gasteiger partial charge in [0.25, 0.3) is 0 Å². The number of esters is 1. The van der Waals surface area contributed by atoms with E-state index in [1.165, 1.54) is 7.11 Å². The minimum Gasteiger partial charge on any atom is -0.465 e. The summed E-state index contributed by atoms with van der Waals surface area (Å²) in [5.41, 5.74) is 0.939. The van der Waals surface area contributed by atoms with Crippen LogP contribution < -0.4 is 16.0 Å². The number of hydrogen-bond acceptors (Lipinski definition) is 4. The van der Waals surface area contributed by atoms with Crippen LogP contribution in [0.2, 0.25) is 0 Å². The number of anilines is 1. The Morgan fingerprint density at radius 1 is 1.19 bits per heavy atom. The molecule has 0 spiro atoms. The molecule has 1 aromatic carbocycles. The SMILES string of the molecule is COC(=O)c1ccc(NC(=O)CNC(=O)NC2CC2)cc1. The summed E-state index contributed by atoms with van der Waals surface area (Å²) < 4.78 is 4.58. The molecule has 0 aromatic heterocycles. The zero-order chi connectivity index (χ0) is 15.2. The van der Waals surface area contributed by atoms with Crippen molar-refractivity contribution in [2.75, 3.05) is 19.0 Å². The van der Waals surface area contributed by atoms with Crippen molar-refractivity contribution in [1.82, 2.24) is 10.6 Å². The van der Waals surface area contributed by atoms with Gasteiger partial charge in [-0.1, -0.05) is 0 Å². The summed E-state index contributed by atoms with van der Waals surface area (Å²) in [7, 11) is 1.30. The molecule has 7 heteroatoms. The van der Waals surface area contributed by atoms with Gasteiger partial charge in [0, 0.05) is 11.7 Å². The summed E-state index contributed by atoms with van der Waals surface area (Å²) >= 11 is 0. The van der Waals surface area contributed by atoms with Crippen molar-refractivity contribution in [3.63, 3.8) is 0 Å². The van der Waals surface area contributed by atoms with Crippen LogP contribution >= 0.6 is 0 Å². The second-order valence-electron chi connectivity index (χ2n) is 4.72. The molecule has 0 radical (unpaired) electrons. The molecule has 2 rings (SSSR count). The lowest BCUT2D eigenvalue weighted by atomic mass is 10.2. The zero-order valence-corrected chi connectivity index (χ0v) is 11.6. The standard InChI is InChI=1S/C14H17N3O4/c1-21-13(19)9-2-4-10(5-3-9)16-12(18)8-15-14(20)17-11-6-7-11/h2-5,11H,6-8H2,1H3,(H,16,18)(H2,15,17,20). The van der Waals surface area contributed by atoms with Gasteiger partial charge in [-0.2, -0.15) is 0 Å². The fourth-order valence-corrected chi connectivity index (χ4v) is 1.64. The summed E-state index contributed by atoms with van der Waals surface area (Å²) in [4.78, 5) is 34.3. The quantitative estimate of drug-likeness (QED) is 0.701. The fourth-order valence-electron chi connectivity index (χ4n) is 1.64. The Balaban J connectivity index is 1.76. The van der Waals surface area contributed by atoms with Crippen LogP contribution in [0.4, 0.5) is 10.5 Å². The van der Waals surface area contributed by atoms with Gasteiger partial charge in [-0.15, -0.1) is 0 Å². The van der Waals surface area contributed by atoms with Gasteiger partial charge in [0.05, 0.1) is 19.2 Å². The molecule has 3 amide bonds. The van der Waals surface area contributed by atoms with Crippen molar-refractivity contribution in [2.45, 2.75) is 18.9 Å². The van der Waals surface area contributed by atoms with E-state index in [0.717, 1.165) is 12.8 Å². The Morgan fingerprint density at radius 3 is 2.43 bits per heavy atom. The number of amides is 3. The van der Waals surface area contributed by atoms with Gasteiger partial charge in [0.2, 0.25) is 5.91 Å². The third-order valence-electron chi connectivity index (χ3n) is 2.91. The van der Waals surface area contributed by atoms with Crippen molar-refractivity contribution >= 4 is 23.6 Å². The van der Waals surface area contributed by atoms with Crippen LogP contribution in [0.25, 0.3) is 0 Å². The van der Waals surface area contributed by atoms with E-state index in [2.05, 4.69) is 20.7 Å². The van der Waals surface area contributed by atoms with Crippen molar-refractivity contribution in [3.8, 4) is 0 Å². The second kappa shape index (κ2) is 6.74. The molecule has 112 valence electrons. The fraction of sp³-hybridized carbons (Fsp3) is 0.357. The van der Waals surface area contributed by atoms with Crippen LogP contribution in [0.5, 0.6) is 0 Å². The number of urea groups is 1. The topological polar surface area (TPSA) is 96.5 Å². The summed E-state index contributed by atoms with van der Waals surface area (Å²) in [6.45, 7) is -0.114. The Morgan fingerprint density at radius 2 is 1.86 bits per heavy atom. The Bertz CT molecular complexity index is 538. The molecular formula is C14H17N3O4. The van der Waals surface area contributed by atoms with Crippen molar-refractivity contribution in [2.24, 2.45) is 0 Å². The van der Waals surface area contributed by atoms with Gasteiger partial charge in [0.15, 0.2) is 0 Å². The third kappa shape index (κ3) is 4.79. The van der Waals surface area contributed by atoms with Crippen molar-refractivity contribution in [1.29, 1.82) is 0 Å². The molecule has 0 heterocycles. The molecule has 7 nitrogen and oxygen atoms in total. The van der Waals surface area contributed by atoms with Crippen LogP contribution in [0, 0.1) is 0 Å². The number of benzene rings is 1.